The van der Waals surface area contributed by atoms with Gasteiger partial charge in [0.1, 0.15) is 5.75 Å². The van der Waals surface area contributed by atoms with Crippen LogP contribution in [0.15, 0.2) is 34.9 Å². The Morgan fingerprint density at radius 2 is 2.16 bits per heavy atom. The highest BCUT2D eigenvalue weighted by atomic mass is 79.9. The average molecular weight is 324 g/mol. The molecule has 2 aromatic rings. The molecule has 0 unspecified atom stereocenters. The minimum absolute atomic E-state index is 0.0224. The number of nitrogens with two attached hydrogens (primary N) is 1. The van der Waals surface area contributed by atoms with E-state index in [4.69, 9.17) is 10.5 Å². The minimum Gasteiger partial charge on any atom is -0.438 e. The number of non-ortho nitro benzene ring substituents is 1. The summed E-state index contributed by atoms with van der Waals surface area (Å²) in [4.78, 5) is 14.2. The summed E-state index contributed by atoms with van der Waals surface area (Å²) in [6, 6.07) is 6.04. The van der Waals surface area contributed by atoms with Gasteiger partial charge in [0, 0.05) is 12.1 Å². The van der Waals surface area contributed by atoms with Gasteiger partial charge in [0.05, 0.1) is 21.3 Å². The van der Waals surface area contributed by atoms with Gasteiger partial charge in [-0.1, -0.05) is 0 Å². The monoisotopic (exact) mass is 323 g/mol. The normalized spacial score (nSPS) is 10.2. The zero-order valence-electron chi connectivity index (χ0n) is 9.96. The average Bonchev–Trinajstić information content (AvgIpc) is 2.34. The molecule has 0 aliphatic rings. The van der Waals surface area contributed by atoms with Crippen molar-refractivity contribution in [2.45, 2.75) is 6.92 Å². The van der Waals surface area contributed by atoms with Crippen LogP contribution in [0.5, 0.6) is 11.6 Å². The van der Waals surface area contributed by atoms with Crippen molar-refractivity contribution in [3.05, 3.63) is 50.6 Å². The number of aryl methyl sites for hydroxylation is 1. The van der Waals surface area contributed by atoms with Crippen LogP contribution in [0.2, 0.25) is 0 Å². The first-order valence-corrected chi connectivity index (χ1v) is 6.10. The van der Waals surface area contributed by atoms with Crippen LogP contribution in [-0.2, 0) is 0 Å². The quantitative estimate of drug-likeness (QED) is 0.690. The predicted octanol–water partition coefficient (Wildman–Crippen LogP) is 3.44. The standard InChI is InChI=1S/C12H10BrN3O3/c1-7-4-9(16(17)18)2-3-11(7)19-12-10(13)5-8(14)6-15-12/h2-6H,14H2,1H3. The summed E-state index contributed by atoms with van der Waals surface area (Å²) in [5.41, 5.74) is 6.77. The molecule has 1 aromatic carbocycles. The first-order chi connectivity index (χ1) is 8.97. The molecule has 2 rings (SSSR count). The van der Waals surface area contributed by atoms with Crippen molar-refractivity contribution in [1.82, 2.24) is 4.98 Å². The van der Waals surface area contributed by atoms with Crippen molar-refractivity contribution in [1.29, 1.82) is 0 Å². The Labute approximate surface area is 117 Å². The van der Waals surface area contributed by atoms with E-state index in [1.807, 2.05) is 0 Å². The fourth-order valence-electron chi connectivity index (χ4n) is 1.48. The SMILES string of the molecule is Cc1cc([N+](=O)[O-])ccc1Oc1ncc(N)cc1Br. The van der Waals surface area contributed by atoms with E-state index in [0.29, 0.717) is 27.4 Å². The number of nitro benzene ring substituents is 1. The maximum absolute atomic E-state index is 10.6. The zero-order chi connectivity index (χ0) is 14.0. The zero-order valence-corrected chi connectivity index (χ0v) is 11.5. The molecule has 0 aliphatic carbocycles. The van der Waals surface area contributed by atoms with Gasteiger partial charge < -0.3 is 10.5 Å². The van der Waals surface area contributed by atoms with Gasteiger partial charge in [-0.15, -0.1) is 0 Å². The van der Waals surface area contributed by atoms with Crippen molar-refractivity contribution >= 4 is 27.3 Å². The van der Waals surface area contributed by atoms with Crippen molar-refractivity contribution < 1.29 is 9.66 Å². The summed E-state index contributed by atoms with van der Waals surface area (Å²) in [7, 11) is 0. The van der Waals surface area contributed by atoms with Crippen LogP contribution >= 0.6 is 15.9 Å². The Balaban J connectivity index is 2.31. The molecule has 2 N–H and O–H groups in total. The third kappa shape index (κ3) is 3.00. The van der Waals surface area contributed by atoms with Gasteiger partial charge >= 0.3 is 0 Å². The van der Waals surface area contributed by atoms with Crippen molar-refractivity contribution in [2.24, 2.45) is 0 Å². The minimum atomic E-state index is -0.450. The first-order valence-electron chi connectivity index (χ1n) is 5.31. The van der Waals surface area contributed by atoms with Crippen LogP contribution in [-0.4, -0.2) is 9.91 Å². The molecule has 1 heterocycles. The molecule has 0 fully saturated rings. The largest absolute Gasteiger partial charge is 0.438 e. The van der Waals surface area contributed by atoms with E-state index in [-0.39, 0.29) is 5.69 Å². The van der Waals surface area contributed by atoms with Gasteiger partial charge in [0.15, 0.2) is 0 Å². The highest BCUT2D eigenvalue weighted by molar-refractivity contribution is 9.10. The lowest BCUT2D eigenvalue weighted by molar-refractivity contribution is -0.384. The molecule has 0 saturated heterocycles. The Hall–Kier alpha value is -2.15. The number of nitro groups is 1. The third-order valence-corrected chi connectivity index (χ3v) is 2.97. The second-order valence-corrected chi connectivity index (χ2v) is 4.72. The second-order valence-electron chi connectivity index (χ2n) is 3.86. The summed E-state index contributed by atoms with van der Waals surface area (Å²) >= 11 is 3.29. The molecule has 0 aliphatic heterocycles. The molecule has 0 amide bonds. The second kappa shape index (κ2) is 5.23. The van der Waals surface area contributed by atoms with Gasteiger partial charge in [-0.05, 0) is 40.5 Å². The van der Waals surface area contributed by atoms with Crippen LogP contribution < -0.4 is 10.5 Å². The van der Waals surface area contributed by atoms with E-state index in [1.54, 1.807) is 13.0 Å². The van der Waals surface area contributed by atoms with Crippen LogP contribution in [0, 0.1) is 17.0 Å². The highest BCUT2D eigenvalue weighted by Gasteiger charge is 2.11. The fourth-order valence-corrected chi connectivity index (χ4v) is 1.93. The molecular formula is C12H10BrN3O3. The Bertz CT molecular complexity index is 646. The molecule has 1 aromatic heterocycles. The topological polar surface area (TPSA) is 91.3 Å². The number of aromatic nitrogens is 1. The van der Waals surface area contributed by atoms with Crippen LogP contribution in [0.3, 0.4) is 0 Å². The Morgan fingerprint density at radius 3 is 2.74 bits per heavy atom. The predicted molar refractivity (Wildman–Crippen MR) is 74.3 cm³/mol. The number of nitrogen functional groups attached to an aromatic ring is 1. The van der Waals surface area contributed by atoms with Gasteiger partial charge in [0.2, 0.25) is 5.88 Å². The number of pyridine rings is 1. The van der Waals surface area contributed by atoms with E-state index < -0.39 is 4.92 Å². The third-order valence-electron chi connectivity index (χ3n) is 2.40. The Morgan fingerprint density at radius 1 is 1.42 bits per heavy atom. The summed E-state index contributed by atoms with van der Waals surface area (Å²) in [5, 5.41) is 10.6. The maximum Gasteiger partial charge on any atom is 0.269 e. The summed E-state index contributed by atoms with van der Waals surface area (Å²) < 4.78 is 6.21. The van der Waals surface area contributed by atoms with Crippen LogP contribution in [0.4, 0.5) is 11.4 Å². The van der Waals surface area contributed by atoms with E-state index in [1.165, 1.54) is 24.4 Å². The molecule has 98 valence electrons. The lowest BCUT2D eigenvalue weighted by Crippen LogP contribution is -1.95. The fraction of sp³-hybridized carbons (Fsp3) is 0.0833. The number of anilines is 1. The van der Waals surface area contributed by atoms with E-state index in [2.05, 4.69) is 20.9 Å². The maximum atomic E-state index is 10.6. The molecule has 0 radical (unpaired) electrons. The molecule has 19 heavy (non-hydrogen) atoms. The van der Waals surface area contributed by atoms with E-state index in [0.717, 1.165) is 0 Å². The lowest BCUT2D eigenvalue weighted by atomic mass is 10.2. The molecular weight excluding hydrogens is 314 g/mol. The van der Waals surface area contributed by atoms with E-state index in [9.17, 15) is 10.1 Å². The van der Waals surface area contributed by atoms with Gasteiger partial charge in [-0.3, -0.25) is 10.1 Å². The summed E-state index contributed by atoms with van der Waals surface area (Å²) in [6.07, 6.45) is 1.47. The van der Waals surface area contributed by atoms with Crippen molar-refractivity contribution in [2.75, 3.05) is 5.73 Å². The number of ether oxygens (including phenoxy) is 1. The van der Waals surface area contributed by atoms with Gasteiger partial charge in [-0.25, -0.2) is 4.98 Å². The number of nitrogens with zero attached hydrogens (tertiary/aromatic N) is 2. The molecule has 7 heteroatoms. The first kappa shape index (κ1) is 13.3. The van der Waals surface area contributed by atoms with Crippen LogP contribution in [0.1, 0.15) is 5.56 Å². The number of halogens is 1. The summed E-state index contributed by atoms with van der Waals surface area (Å²) in [5.74, 6) is 0.856. The number of benzene rings is 1. The van der Waals surface area contributed by atoms with Gasteiger partial charge in [0.25, 0.3) is 5.69 Å². The number of rotatable bonds is 3. The lowest BCUT2D eigenvalue weighted by Gasteiger charge is -2.09. The van der Waals surface area contributed by atoms with Crippen molar-refractivity contribution in [3.8, 4) is 11.6 Å². The smallest absolute Gasteiger partial charge is 0.269 e. The molecule has 0 spiro atoms. The molecule has 0 bridgehead atoms. The Kier molecular flexibility index (Phi) is 3.66. The van der Waals surface area contributed by atoms with Gasteiger partial charge in [-0.2, -0.15) is 0 Å². The molecule has 0 atom stereocenters. The highest BCUT2D eigenvalue weighted by Crippen LogP contribution is 2.31. The number of hydrogen-bond acceptors (Lipinski definition) is 5. The van der Waals surface area contributed by atoms with Crippen LogP contribution in [0.25, 0.3) is 0 Å². The summed E-state index contributed by atoms with van der Waals surface area (Å²) in [6.45, 7) is 1.73. The van der Waals surface area contributed by atoms with E-state index >= 15 is 0 Å². The molecule has 0 saturated carbocycles. The van der Waals surface area contributed by atoms with Crippen molar-refractivity contribution in [3.63, 3.8) is 0 Å². The molecule has 6 nitrogen and oxygen atoms in total. The number of hydrogen-bond donors (Lipinski definition) is 1.